The van der Waals surface area contributed by atoms with Gasteiger partial charge < -0.3 is 4.55 Å². The van der Waals surface area contributed by atoms with Gasteiger partial charge in [0, 0.05) is 5.75 Å². The van der Waals surface area contributed by atoms with E-state index in [4.69, 9.17) is 0 Å². The molecule has 0 aliphatic carbocycles. The lowest BCUT2D eigenvalue weighted by Gasteiger charge is -2.10. The molecule has 0 aliphatic rings. The van der Waals surface area contributed by atoms with Gasteiger partial charge in [0.1, 0.15) is 12.4 Å². The second-order valence-electron chi connectivity index (χ2n) is 3.08. The maximum absolute atomic E-state index is 10.7. The van der Waals surface area contributed by atoms with Crippen molar-refractivity contribution in [1.29, 1.82) is 0 Å². The van der Waals surface area contributed by atoms with Crippen molar-refractivity contribution in [2.24, 2.45) is 0 Å². The fourth-order valence-corrected chi connectivity index (χ4v) is 1.69. The Labute approximate surface area is 84.3 Å². The quantitative estimate of drug-likeness (QED) is 0.516. The summed E-state index contributed by atoms with van der Waals surface area (Å²) in [6.07, 6.45) is 7.83. The minimum absolute atomic E-state index is 0.124. The number of imidazole rings is 1. The average Bonchev–Trinajstić information content (AvgIpc) is 2.50. The minimum atomic E-state index is -3.08. The Hall–Kier alpha value is -1.07. The Bertz CT molecular complexity index is 406. The van der Waals surface area contributed by atoms with Gasteiger partial charge in [-0.15, -0.1) is 0 Å². The third-order valence-electron chi connectivity index (χ3n) is 1.79. The molecular formula is C9H14N2O2S. The zero-order chi connectivity index (χ0) is 10.6. The van der Waals surface area contributed by atoms with Crippen LogP contribution >= 0.6 is 0 Å². The van der Waals surface area contributed by atoms with Crippen LogP contribution in [0, 0.1) is 0 Å². The number of aryl methyl sites for hydroxylation is 1. The van der Waals surface area contributed by atoms with Crippen molar-refractivity contribution in [2.75, 3.05) is 5.75 Å². The van der Waals surface area contributed by atoms with E-state index in [1.54, 1.807) is 10.8 Å². The van der Waals surface area contributed by atoms with Crippen molar-refractivity contribution in [3.05, 3.63) is 25.3 Å². The molecule has 5 heteroatoms. The average molecular weight is 214 g/mol. The first-order valence-electron chi connectivity index (χ1n) is 4.26. The highest BCUT2D eigenvalue weighted by Crippen LogP contribution is 1.89. The summed E-state index contributed by atoms with van der Waals surface area (Å²) in [6.45, 7) is 4.28. The molecule has 1 aromatic rings. The first-order valence-corrected chi connectivity index (χ1v) is 6.08. The molecule has 0 N–H and O–H groups in total. The van der Waals surface area contributed by atoms with Crippen LogP contribution in [0.25, 0.3) is 6.20 Å². The monoisotopic (exact) mass is 214 g/mol. The third kappa shape index (κ3) is 3.76. The van der Waals surface area contributed by atoms with Crippen LogP contribution in [0.4, 0.5) is 0 Å². The van der Waals surface area contributed by atoms with Gasteiger partial charge >= 0.3 is 0 Å². The maximum atomic E-state index is 10.7. The van der Waals surface area contributed by atoms with E-state index >= 15 is 0 Å². The van der Waals surface area contributed by atoms with Gasteiger partial charge in [0.2, 0.25) is 6.33 Å². The first kappa shape index (κ1) is 11.0. The van der Waals surface area contributed by atoms with Crippen molar-refractivity contribution < 1.29 is 13.3 Å². The number of rotatable bonds is 5. The topological polar surface area (TPSA) is 48.9 Å². The fraction of sp³-hybridized carbons (Fsp3) is 0.333. The molecular weight excluding hydrogens is 200 g/mol. The Morgan fingerprint density at radius 1 is 1.64 bits per heavy atom. The molecule has 0 aliphatic heterocycles. The summed E-state index contributed by atoms with van der Waals surface area (Å²) >= 11 is 0. The van der Waals surface area contributed by atoms with Gasteiger partial charge in [0.05, 0.1) is 12.7 Å². The van der Waals surface area contributed by atoms with Gasteiger partial charge in [-0.05, 0) is 6.42 Å². The molecule has 0 aromatic carbocycles. The van der Waals surface area contributed by atoms with Gasteiger partial charge in [0.25, 0.3) is 0 Å². The molecule has 0 saturated heterocycles. The fourth-order valence-electron chi connectivity index (χ4n) is 1.12. The molecule has 1 unspecified atom stereocenters. The van der Waals surface area contributed by atoms with E-state index in [2.05, 4.69) is 12.4 Å². The van der Waals surface area contributed by atoms with Crippen LogP contribution in [-0.4, -0.2) is 25.0 Å². The SMILES string of the molecule is C=Cn1cc[n+](CCCS(=C)(=O)[O-])c1. The van der Waals surface area contributed by atoms with E-state index in [0.29, 0.717) is 13.0 Å². The lowest BCUT2D eigenvalue weighted by Crippen LogP contribution is -2.31. The Kier molecular flexibility index (Phi) is 3.49. The minimum Gasteiger partial charge on any atom is -0.778 e. The predicted molar refractivity (Wildman–Crippen MR) is 56.5 cm³/mol. The van der Waals surface area contributed by atoms with Gasteiger partial charge in [0.15, 0.2) is 0 Å². The number of nitrogens with zero attached hydrogens (tertiary/aromatic N) is 2. The largest absolute Gasteiger partial charge is 0.778 e. The molecule has 1 atom stereocenters. The highest BCUT2D eigenvalue weighted by molar-refractivity contribution is 7.94. The molecule has 1 aromatic heterocycles. The van der Waals surface area contributed by atoms with Crippen molar-refractivity contribution in [2.45, 2.75) is 13.0 Å². The molecule has 0 fully saturated rings. The summed E-state index contributed by atoms with van der Waals surface area (Å²) < 4.78 is 25.2. The van der Waals surface area contributed by atoms with Crippen LogP contribution in [0.2, 0.25) is 0 Å². The summed E-state index contributed by atoms with van der Waals surface area (Å²) in [6, 6.07) is 0. The lowest BCUT2D eigenvalue weighted by molar-refractivity contribution is -0.696. The molecule has 1 rings (SSSR count). The number of aromatic nitrogens is 2. The summed E-state index contributed by atoms with van der Waals surface area (Å²) in [7, 11) is -3.08. The summed E-state index contributed by atoms with van der Waals surface area (Å²) in [4.78, 5) is 0. The zero-order valence-corrected chi connectivity index (χ0v) is 8.78. The standard InChI is InChI=1S/C9H14N2O2S/c1-3-10-6-7-11(9-10)5-4-8-14(2,12)13/h3,6-7,9H,1-2,4-5,8H2. The molecule has 0 bridgehead atoms. The van der Waals surface area contributed by atoms with E-state index in [-0.39, 0.29) is 5.75 Å². The normalized spacial score (nSPS) is 14.9. The van der Waals surface area contributed by atoms with Gasteiger partial charge in [-0.25, -0.2) is 9.13 Å². The van der Waals surface area contributed by atoms with Crippen LogP contribution in [0.3, 0.4) is 0 Å². The molecule has 0 saturated carbocycles. The molecule has 0 amide bonds. The molecule has 0 spiro atoms. The van der Waals surface area contributed by atoms with Crippen molar-refractivity contribution in [3.63, 3.8) is 0 Å². The van der Waals surface area contributed by atoms with Gasteiger partial charge in [-0.2, -0.15) is 0 Å². The molecule has 78 valence electrons. The molecule has 0 radical (unpaired) electrons. The molecule has 14 heavy (non-hydrogen) atoms. The van der Waals surface area contributed by atoms with E-state index < -0.39 is 9.80 Å². The lowest BCUT2D eigenvalue weighted by atomic mass is 10.5. The second-order valence-corrected chi connectivity index (χ2v) is 4.98. The van der Waals surface area contributed by atoms with Crippen LogP contribution < -0.4 is 4.57 Å². The second kappa shape index (κ2) is 4.43. The van der Waals surface area contributed by atoms with Crippen molar-refractivity contribution in [1.82, 2.24) is 4.57 Å². The van der Waals surface area contributed by atoms with Crippen LogP contribution in [0.1, 0.15) is 6.42 Å². The highest BCUT2D eigenvalue weighted by atomic mass is 32.2. The van der Waals surface area contributed by atoms with E-state index in [9.17, 15) is 8.76 Å². The predicted octanol–water partition coefficient (Wildman–Crippen LogP) is 0.113. The number of hydrogen-bond acceptors (Lipinski definition) is 2. The summed E-state index contributed by atoms with van der Waals surface area (Å²) in [5.41, 5.74) is 0. The van der Waals surface area contributed by atoms with Crippen LogP contribution in [0.5, 0.6) is 0 Å². The van der Waals surface area contributed by atoms with Crippen LogP contribution in [0.15, 0.2) is 25.3 Å². The Balaban J connectivity index is 2.42. The van der Waals surface area contributed by atoms with Gasteiger partial charge in [-0.3, -0.25) is 4.21 Å². The molecule has 4 nitrogen and oxygen atoms in total. The maximum Gasteiger partial charge on any atom is 0.248 e. The number of hydrogen-bond donors (Lipinski definition) is 0. The third-order valence-corrected chi connectivity index (χ3v) is 2.71. The Morgan fingerprint density at radius 3 is 2.86 bits per heavy atom. The van der Waals surface area contributed by atoms with Gasteiger partial charge in [-0.1, -0.05) is 22.3 Å². The van der Waals surface area contributed by atoms with Crippen molar-refractivity contribution in [3.8, 4) is 0 Å². The van der Waals surface area contributed by atoms with Crippen LogP contribution in [-0.2, 0) is 16.3 Å². The van der Waals surface area contributed by atoms with E-state index in [0.717, 1.165) is 0 Å². The smallest absolute Gasteiger partial charge is 0.248 e. The highest BCUT2D eigenvalue weighted by Gasteiger charge is 2.00. The summed E-state index contributed by atoms with van der Waals surface area (Å²) in [5.74, 6) is 3.19. The van der Waals surface area contributed by atoms with Crippen molar-refractivity contribution >= 4 is 21.9 Å². The Morgan fingerprint density at radius 2 is 2.36 bits per heavy atom. The van der Waals surface area contributed by atoms with E-state index in [1.165, 1.54) is 0 Å². The molecule has 1 heterocycles. The first-order chi connectivity index (χ1) is 6.51. The summed E-state index contributed by atoms with van der Waals surface area (Å²) in [5, 5.41) is 0. The zero-order valence-electron chi connectivity index (χ0n) is 7.96. The van der Waals surface area contributed by atoms with E-state index in [1.807, 2.05) is 23.3 Å².